The Morgan fingerprint density at radius 3 is 3.13 bits per heavy atom. The molecule has 2 aromatic rings. The molecule has 1 saturated heterocycles. The van der Waals surface area contributed by atoms with Crippen LogP contribution in [0.1, 0.15) is 18.7 Å². The Labute approximate surface area is 135 Å². The number of nitrogens with zero attached hydrogens (tertiary/aromatic N) is 2. The first-order valence-electron chi connectivity index (χ1n) is 8.01. The van der Waals surface area contributed by atoms with E-state index in [1.807, 2.05) is 31.2 Å². The molecule has 0 bridgehead atoms. The molecule has 2 heterocycles. The lowest BCUT2D eigenvalue weighted by Crippen LogP contribution is -2.49. The number of methoxy groups -OCH3 is 1. The quantitative estimate of drug-likeness (QED) is 0.911. The zero-order chi connectivity index (χ0) is 16.2. The summed E-state index contributed by atoms with van der Waals surface area (Å²) < 4.78 is 12.8. The van der Waals surface area contributed by atoms with Crippen LogP contribution in [-0.4, -0.2) is 47.9 Å². The molecule has 2 atom stereocenters. The molecular weight excluding hydrogens is 294 g/mol. The van der Waals surface area contributed by atoms with E-state index in [1.54, 1.807) is 7.11 Å². The minimum atomic E-state index is -0.0662. The van der Waals surface area contributed by atoms with E-state index in [1.165, 1.54) is 0 Å². The maximum absolute atomic E-state index is 12.3. The van der Waals surface area contributed by atoms with Gasteiger partial charge < -0.3 is 19.4 Å². The van der Waals surface area contributed by atoms with E-state index in [-0.39, 0.29) is 18.1 Å². The van der Waals surface area contributed by atoms with E-state index in [4.69, 9.17) is 9.47 Å². The number of aromatic nitrogens is 2. The Kier molecular flexibility index (Phi) is 4.93. The van der Waals surface area contributed by atoms with Gasteiger partial charge in [-0.05, 0) is 25.5 Å². The van der Waals surface area contributed by atoms with Crippen LogP contribution in [0, 0.1) is 6.92 Å². The van der Waals surface area contributed by atoms with Crippen LogP contribution in [0.25, 0.3) is 11.0 Å². The van der Waals surface area contributed by atoms with Gasteiger partial charge in [-0.1, -0.05) is 12.1 Å². The molecule has 0 unspecified atom stereocenters. The van der Waals surface area contributed by atoms with Crippen LogP contribution in [-0.2, 0) is 20.8 Å². The van der Waals surface area contributed by atoms with E-state index in [0.29, 0.717) is 26.2 Å². The molecule has 1 fully saturated rings. The number of benzene rings is 1. The number of rotatable bonds is 5. The van der Waals surface area contributed by atoms with Gasteiger partial charge in [-0.3, -0.25) is 4.79 Å². The van der Waals surface area contributed by atoms with E-state index in [0.717, 1.165) is 23.3 Å². The van der Waals surface area contributed by atoms with Crippen LogP contribution < -0.4 is 5.32 Å². The van der Waals surface area contributed by atoms with Crippen molar-refractivity contribution in [3.63, 3.8) is 0 Å². The molecule has 0 radical (unpaired) electrons. The number of carbonyl (C=O) groups excluding carboxylic acids is 1. The molecule has 23 heavy (non-hydrogen) atoms. The van der Waals surface area contributed by atoms with Gasteiger partial charge in [0.15, 0.2) is 0 Å². The van der Waals surface area contributed by atoms with Crippen LogP contribution in [0.5, 0.6) is 0 Å². The summed E-state index contributed by atoms with van der Waals surface area (Å²) >= 11 is 0. The summed E-state index contributed by atoms with van der Waals surface area (Å²) in [6.45, 7) is 3.79. The van der Waals surface area contributed by atoms with E-state index < -0.39 is 0 Å². The number of hydrogen-bond donors (Lipinski definition) is 1. The fourth-order valence-electron chi connectivity index (χ4n) is 3.08. The largest absolute Gasteiger partial charge is 0.379 e. The number of fused-ring (bicyclic) bond motifs is 1. The highest BCUT2D eigenvalue weighted by Crippen LogP contribution is 2.16. The molecule has 1 aromatic heterocycles. The molecule has 6 heteroatoms. The summed E-state index contributed by atoms with van der Waals surface area (Å²) in [6, 6.07) is 8.02. The molecule has 1 amide bonds. The fraction of sp³-hybridized carbons (Fsp3) is 0.529. The highest BCUT2D eigenvalue weighted by atomic mass is 16.5. The normalized spacial score (nSPS) is 21.5. The number of hydrogen-bond acceptors (Lipinski definition) is 4. The molecular formula is C17H23N3O3. The first-order chi connectivity index (χ1) is 11.2. The summed E-state index contributed by atoms with van der Waals surface area (Å²) in [5.74, 6) is 0.968. The van der Waals surface area contributed by atoms with E-state index in [2.05, 4.69) is 14.9 Å². The predicted octanol–water partition coefficient (Wildman–Crippen LogP) is 1.65. The highest BCUT2D eigenvalue weighted by molar-refractivity contribution is 5.78. The smallest absolute Gasteiger partial charge is 0.222 e. The SMILES string of the molecule is CO[C@@H]1COCC[C@H]1NC(=O)CCn1c(C)nc2ccccc21. The van der Waals surface area contributed by atoms with Crippen molar-refractivity contribution in [2.45, 2.75) is 38.5 Å². The molecule has 6 nitrogen and oxygen atoms in total. The lowest BCUT2D eigenvalue weighted by molar-refractivity contribution is -0.125. The lowest BCUT2D eigenvalue weighted by atomic mass is 10.1. The van der Waals surface area contributed by atoms with Crippen molar-refractivity contribution in [2.24, 2.45) is 0 Å². The first-order valence-corrected chi connectivity index (χ1v) is 8.01. The second kappa shape index (κ2) is 7.10. The van der Waals surface area contributed by atoms with Gasteiger partial charge in [-0.2, -0.15) is 0 Å². The van der Waals surface area contributed by atoms with Gasteiger partial charge in [0, 0.05) is 26.7 Å². The monoisotopic (exact) mass is 317 g/mol. The summed E-state index contributed by atoms with van der Waals surface area (Å²) in [5.41, 5.74) is 2.04. The Balaban J connectivity index is 1.61. The third kappa shape index (κ3) is 3.54. The van der Waals surface area contributed by atoms with Crippen molar-refractivity contribution in [1.82, 2.24) is 14.9 Å². The molecule has 1 aliphatic heterocycles. The summed E-state index contributed by atoms with van der Waals surface area (Å²) in [4.78, 5) is 16.8. The van der Waals surface area contributed by atoms with Gasteiger partial charge in [-0.25, -0.2) is 4.98 Å². The zero-order valence-corrected chi connectivity index (χ0v) is 13.6. The van der Waals surface area contributed by atoms with Gasteiger partial charge in [-0.15, -0.1) is 0 Å². The number of carbonyl (C=O) groups is 1. The van der Waals surface area contributed by atoms with Gasteiger partial charge in [0.25, 0.3) is 0 Å². The van der Waals surface area contributed by atoms with Crippen molar-refractivity contribution in [3.8, 4) is 0 Å². The molecule has 124 valence electrons. The Morgan fingerprint density at radius 2 is 2.30 bits per heavy atom. The zero-order valence-electron chi connectivity index (χ0n) is 13.6. The Morgan fingerprint density at radius 1 is 1.48 bits per heavy atom. The first kappa shape index (κ1) is 16.0. The predicted molar refractivity (Wildman–Crippen MR) is 87.3 cm³/mol. The number of nitrogens with one attached hydrogen (secondary N) is 1. The van der Waals surface area contributed by atoms with E-state index >= 15 is 0 Å². The number of ether oxygens (including phenoxy) is 2. The van der Waals surface area contributed by atoms with Crippen molar-refractivity contribution in [3.05, 3.63) is 30.1 Å². The van der Waals surface area contributed by atoms with Crippen molar-refractivity contribution < 1.29 is 14.3 Å². The third-order valence-electron chi connectivity index (χ3n) is 4.36. The summed E-state index contributed by atoms with van der Waals surface area (Å²) in [6.07, 6.45) is 1.15. The van der Waals surface area contributed by atoms with Gasteiger partial charge in [0.05, 0.1) is 23.7 Å². The Bertz CT molecular complexity index is 683. The standard InChI is InChI=1S/C17H23N3O3/c1-12-18-13-5-3-4-6-15(13)20(12)9-7-17(21)19-14-8-10-23-11-16(14)22-2/h3-6,14,16H,7-11H2,1-2H3,(H,19,21)/t14-,16-/m1/s1. The highest BCUT2D eigenvalue weighted by Gasteiger charge is 2.26. The topological polar surface area (TPSA) is 65.4 Å². The average molecular weight is 317 g/mol. The maximum atomic E-state index is 12.3. The van der Waals surface area contributed by atoms with Crippen LogP contribution in [0.2, 0.25) is 0 Å². The average Bonchev–Trinajstić information content (AvgIpc) is 2.88. The second-order valence-corrected chi connectivity index (χ2v) is 5.86. The number of imidazole rings is 1. The molecule has 3 rings (SSSR count). The molecule has 0 saturated carbocycles. The van der Waals surface area contributed by atoms with Gasteiger partial charge >= 0.3 is 0 Å². The fourth-order valence-corrected chi connectivity index (χ4v) is 3.08. The van der Waals surface area contributed by atoms with Crippen LogP contribution in [0.3, 0.4) is 0 Å². The lowest BCUT2D eigenvalue weighted by Gasteiger charge is -2.31. The van der Waals surface area contributed by atoms with Gasteiger partial charge in [0.1, 0.15) is 11.9 Å². The maximum Gasteiger partial charge on any atom is 0.222 e. The minimum absolute atomic E-state index is 0.0295. The van der Waals surface area contributed by atoms with Gasteiger partial charge in [0.2, 0.25) is 5.91 Å². The third-order valence-corrected chi connectivity index (χ3v) is 4.36. The Hall–Kier alpha value is -1.92. The number of para-hydroxylation sites is 2. The van der Waals surface area contributed by atoms with Crippen molar-refractivity contribution in [1.29, 1.82) is 0 Å². The molecule has 1 aromatic carbocycles. The summed E-state index contributed by atoms with van der Waals surface area (Å²) in [5, 5.41) is 3.07. The number of amides is 1. The minimum Gasteiger partial charge on any atom is -0.379 e. The summed E-state index contributed by atoms with van der Waals surface area (Å²) in [7, 11) is 1.65. The van der Waals surface area contributed by atoms with Crippen LogP contribution in [0.4, 0.5) is 0 Å². The molecule has 0 spiro atoms. The van der Waals surface area contributed by atoms with Crippen LogP contribution >= 0.6 is 0 Å². The second-order valence-electron chi connectivity index (χ2n) is 5.86. The molecule has 1 N–H and O–H groups in total. The molecule has 1 aliphatic rings. The number of aryl methyl sites for hydroxylation is 2. The van der Waals surface area contributed by atoms with Crippen molar-refractivity contribution >= 4 is 16.9 Å². The van der Waals surface area contributed by atoms with Crippen molar-refractivity contribution in [2.75, 3.05) is 20.3 Å². The molecule has 0 aliphatic carbocycles. The van der Waals surface area contributed by atoms with E-state index in [9.17, 15) is 4.79 Å². The van der Waals surface area contributed by atoms with Crippen LogP contribution in [0.15, 0.2) is 24.3 Å².